The second-order valence-corrected chi connectivity index (χ2v) is 7.22. The number of carbonyl (C=O) groups excluding carboxylic acids is 2. The molecule has 0 unspecified atom stereocenters. The van der Waals surface area contributed by atoms with Gasteiger partial charge >= 0.3 is 11.9 Å². The topological polar surface area (TPSA) is 220 Å². The van der Waals surface area contributed by atoms with Gasteiger partial charge in [0.25, 0.3) is 11.5 Å². The second-order valence-electron chi connectivity index (χ2n) is 7.22. The van der Waals surface area contributed by atoms with Crippen molar-refractivity contribution in [3.05, 3.63) is 40.2 Å². The van der Waals surface area contributed by atoms with Crippen molar-refractivity contribution in [2.24, 2.45) is 4.99 Å². The molecular formula is C20H21N7O7. The van der Waals surface area contributed by atoms with Gasteiger partial charge in [-0.15, -0.1) is 0 Å². The van der Waals surface area contributed by atoms with Crippen molar-refractivity contribution >= 4 is 53.1 Å². The van der Waals surface area contributed by atoms with Gasteiger partial charge in [-0.2, -0.15) is 4.98 Å². The van der Waals surface area contributed by atoms with E-state index in [1.54, 1.807) is 12.1 Å². The number of carboxylic acids is 2. The van der Waals surface area contributed by atoms with Crippen molar-refractivity contribution < 1.29 is 29.4 Å². The number of nitrogens with two attached hydrogens (primary N) is 1. The normalized spacial score (nSPS) is 13.0. The molecule has 1 aliphatic heterocycles. The van der Waals surface area contributed by atoms with Gasteiger partial charge in [-0.3, -0.25) is 29.1 Å². The van der Waals surface area contributed by atoms with Gasteiger partial charge in [-0.05, 0) is 30.7 Å². The fraction of sp³-hybridized carbons (Fsp3) is 0.250. The van der Waals surface area contributed by atoms with Crippen LogP contribution in [0.5, 0.6) is 0 Å². The number of hydrogen-bond donors (Lipinski definition) is 6. The van der Waals surface area contributed by atoms with Crippen LogP contribution in [0.1, 0.15) is 23.2 Å². The minimum atomic E-state index is -1.61. The second kappa shape index (κ2) is 10.2. The van der Waals surface area contributed by atoms with Gasteiger partial charge in [0.2, 0.25) is 12.4 Å². The molecule has 14 heteroatoms. The number of rotatable bonds is 10. The molecule has 0 saturated carbocycles. The zero-order valence-electron chi connectivity index (χ0n) is 17.6. The summed E-state index contributed by atoms with van der Waals surface area (Å²) < 4.78 is 0. The van der Waals surface area contributed by atoms with Crippen molar-refractivity contribution in [2.75, 3.05) is 29.5 Å². The number of hydrogen-bond acceptors (Lipinski definition) is 10. The standard InChI is InChI=1S/C20H21N7O7/c21-20-25-16-15(17(31)26-20)24-12(8-23-16)7-22-11-3-1-10(2-4-11)18(32)27(9-28)13(19(33)34)5-6-14(29)30/h1-4,9,13,22H,5-8H2,(H,29,30)(H,33,34)(H4,21,23,25,26,31)/t13-/m0/s1. The van der Waals surface area contributed by atoms with Gasteiger partial charge in [0.05, 0.1) is 18.8 Å². The molecule has 0 bridgehead atoms. The summed E-state index contributed by atoms with van der Waals surface area (Å²) in [5.41, 5.74) is 6.39. The summed E-state index contributed by atoms with van der Waals surface area (Å²) in [4.78, 5) is 69.3. The number of amides is 2. The van der Waals surface area contributed by atoms with Crippen LogP contribution in [0.3, 0.4) is 0 Å². The van der Waals surface area contributed by atoms with E-state index in [-0.39, 0.29) is 36.0 Å². The number of carboxylic acid groups (broad SMARTS) is 2. The molecule has 14 nitrogen and oxygen atoms in total. The number of aliphatic carboxylic acids is 2. The lowest BCUT2D eigenvalue weighted by atomic mass is 10.1. The average molecular weight is 471 g/mol. The number of nitrogens with one attached hydrogen (secondary N) is 3. The predicted octanol–water partition coefficient (Wildman–Crippen LogP) is -0.121. The molecular weight excluding hydrogens is 450 g/mol. The quantitative estimate of drug-likeness (QED) is 0.251. The van der Waals surface area contributed by atoms with Crippen LogP contribution in [0, 0.1) is 0 Å². The maximum atomic E-state index is 12.6. The number of anilines is 3. The number of benzene rings is 1. The van der Waals surface area contributed by atoms with Crippen LogP contribution >= 0.6 is 0 Å². The Morgan fingerprint density at radius 3 is 2.56 bits per heavy atom. The summed E-state index contributed by atoms with van der Waals surface area (Å²) in [5, 5.41) is 24.1. The first-order valence-corrected chi connectivity index (χ1v) is 9.96. The Labute approximate surface area is 191 Å². The smallest absolute Gasteiger partial charge is 0.326 e. The Morgan fingerprint density at radius 2 is 1.94 bits per heavy atom. The molecule has 2 heterocycles. The van der Waals surface area contributed by atoms with Crippen molar-refractivity contribution in [3.63, 3.8) is 0 Å². The average Bonchev–Trinajstić information content (AvgIpc) is 2.80. The highest BCUT2D eigenvalue weighted by atomic mass is 16.4. The number of aromatic nitrogens is 2. The Kier molecular flexibility index (Phi) is 7.20. The summed E-state index contributed by atoms with van der Waals surface area (Å²) in [6.45, 7) is 0.591. The molecule has 0 saturated heterocycles. The maximum absolute atomic E-state index is 12.6. The number of aromatic amines is 1. The number of nitrogens with zero attached hydrogens (tertiary/aromatic N) is 3. The summed E-state index contributed by atoms with van der Waals surface area (Å²) in [6.07, 6.45) is -0.861. The van der Waals surface area contributed by atoms with Crippen molar-refractivity contribution in [3.8, 4) is 0 Å². The number of H-pyrrole nitrogens is 1. The van der Waals surface area contributed by atoms with Gasteiger partial charge in [0.1, 0.15) is 6.04 Å². The molecule has 2 aromatic rings. The zero-order valence-corrected chi connectivity index (χ0v) is 17.6. The lowest BCUT2D eigenvalue weighted by Crippen LogP contribution is -2.44. The van der Waals surface area contributed by atoms with Gasteiger partial charge in [-0.1, -0.05) is 0 Å². The molecule has 2 amide bonds. The van der Waals surface area contributed by atoms with Gasteiger partial charge in [0, 0.05) is 17.7 Å². The van der Waals surface area contributed by atoms with Crippen LogP contribution < -0.4 is 21.9 Å². The number of aliphatic imine (C=N–C) groups is 1. The zero-order chi connectivity index (χ0) is 24.8. The Balaban J connectivity index is 1.67. The van der Waals surface area contributed by atoms with Crippen molar-refractivity contribution in [1.29, 1.82) is 0 Å². The third-order valence-corrected chi connectivity index (χ3v) is 4.87. The minimum Gasteiger partial charge on any atom is -0.481 e. The summed E-state index contributed by atoms with van der Waals surface area (Å²) in [5.74, 6) is -3.34. The van der Waals surface area contributed by atoms with E-state index in [0.717, 1.165) is 0 Å². The maximum Gasteiger partial charge on any atom is 0.326 e. The van der Waals surface area contributed by atoms with Crippen LogP contribution in [-0.2, 0) is 14.4 Å². The number of fused-ring (bicyclic) bond motifs is 1. The van der Waals surface area contributed by atoms with E-state index in [4.69, 9.17) is 10.8 Å². The molecule has 178 valence electrons. The highest BCUT2D eigenvalue weighted by Crippen LogP contribution is 2.21. The molecule has 7 N–H and O–H groups in total. The Morgan fingerprint density at radius 1 is 1.24 bits per heavy atom. The highest BCUT2D eigenvalue weighted by molar-refractivity contribution is 6.03. The molecule has 1 atom stereocenters. The van der Waals surface area contributed by atoms with Crippen molar-refractivity contribution in [1.82, 2.24) is 14.9 Å². The Hall–Kier alpha value is -4.75. The largest absolute Gasteiger partial charge is 0.481 e. The first-order chi connectivity index (χ1) is 16.2. The fourth-order valence-electron chi connectivity index (χ4n) is 3.19. The van der Waals surface area contributed by atoms with E-state index >= 15 is 0 Å². The third kappa shape index (κ3) is 5.53. The molecule has 0 fully saturated rings. The lowest BCUT2D eigenvalue weighted by Gasteiger charge is -2.23. The van der Waals surface area contributed by atoms with E-state index in [9.17, 15) is 29.1 Å². The van der Waals surface area contributed by atoms with Crippen LogP contribution in [0.2, 0.25) is 0 Å². The van der Waals surface area contributed by atoms with Gasteiger partial charge < -0.3 is 26.6 Å². The van der Waals surface area contributed by atoms with E-state index < -0.39 is 42.3 Å². The van der Waals surface area contributed by atoms with Crippen molar-refractivity contribution in [2.45, 2.75) is 18.9 Å². The molecule has 1 aliphatic rings. The number of carbonyl (C=O) groups is 4. The SMILES string of the molecule is Nc1nc2c(c(=O)[nH]1)N=C(CNc1ccc(C(=O)N(C=O)[C@@H](CCC(=O)O)C(=O)O)cc1)CN2. The van der Waals surface area contributed by atoms with E-state index in [1.165, 1.54) is 12.1 Å². The van der Waals surface area contributed by atoms with Crippen LogP contribution in [0.4, 0.5) is 23.1 Å². The minimum absolute atomic E-state index is 0.0210. The molecule has 0 spiro atoms. The molecule has 0 aliphatic carbocycles. The number of nitrogen functional groups attached to an aromatic ring is 1. The molecule has 0 radical (unpaired) electrons. The summed E-state index contributed by atoms with van der Waals surface area (Å²) in [7, 11) is 0. The van der Waals surface area contributed by atoms with E-state index in [2.05, 4.69) is 25.6 Å². The third-order valence-electron chi connectivity index (χ3n) is 4.87. The monoisotopic (exact) mass is 471 g/mol. The summed E-state index contributed by atoms with van der Waals surface area (Å²) in [6, 6.07) is 4.27. The molecule has 1 aromatic carbocycles. The highest BCUT2D eigenvalue weighted by Gasteiger charge is 2.30. The van der Waals surface area contributed by atoms with Gasteiger partial charge in [-0.25, -0.2) is 9.79 Å². The molecule has 1 aromatic heterocycles. The summed E-state index contributed by atoms with van der Waals surface area (Å²) >= 11 is 0. The lowest BCUT2D eigenvalue weighted by molar-refractivity contribution is -0.146. The van der Waals surface area contributed by atoms with E-state index in [1.807, 2.05) is 0 Å². The fourth-order valence-corrected chi connectivity index (χ4v) is 3.19. The first-order valence-electron chi connectivity index (χ1n) is 9.96. The van der Waals surface area contributed by atoms with Gasteiger partial charge in [0.15, 0.2) is 11.5 Å². The van der Waals surface area contributed by atoms with Crippen LogP contribution in [-0.4, -0.2) is 74.2 Å². The van der Waals surface area contributed by atoms with E-state index in [0.29, 0.717) is 22.8 Å². The van der Waals surface area contributed by atoms with Crippen LogP contribution in [0.25, 0.3) is 0 Å². The number of imide groups is 1. The molecule has 34 heavy (non-hydrogen) atoms. The first kappa shape index (κ1) is 23.9. The molecule has 3 rings (SSSR count). The Bertz CT molecular complexity index is 1210. The van der Waals surface area contributed by atoms with Crippen LogP contribution in [0.15, 0.2) is 34.1 Å². The predicted molar refractivity (Wildman–Crippen MR) is 120 cm³/mol.